The second-order valence-corrected chi connectivity index (χ2v) is 3.58. The summed E-state index contributed by atoms with van der Waals surface area (Å²) < 4.78 is 5.09. The molecule has 1 aromatic rings. The van der Waals surface area contributed by atoms with Crippen molar-refractivity contribution in [2.24, 2.45) is 5.73 Å². The van der Waals surface area contributed by atoms with Gasteiger partial charge in [-0.15, -0.1) is 0 Å². The van der Waals surface area contributed by atoms with Gasteiger partial charge in [0.05, 0.1) is 6.61 Å². The van der Waals surface area contributed by atoms with Crippen LogP contribution in [0.1, 0.15) is 12.2 Å². The Balaban J connectivity index is 2.66. The average molecular weight is 224 g/mol. The minimum Gasteiger partial charge on any atom is -0.383 e. The predicted octanol–water partition coefficient (Wildman–Crippen LogP) is 0.587. The normalized spacial score (nSPS) is 10.4. The Kier molecular flexibility index (Phi) is 5.74. The maximum absolute atomic E-state index is 5.52. The molecule has 0 saturated carbocycles. The molecule has 0 spiro atoms. The lowest BCUT2D eigenvalue weighted by atomic mass is 10.3. The highest BCUT2D eigenvalue weighted by Gasteiger charge is 2.07. The molecule has 16 heavy (non-hydrogen) atoms. The molecule has 5 nitrogen and oxygen atoms in total. The van der Waals surface area contributed by atoms with Crippen molar-refractivity contribution in [2.45, 2.75) is 13.3 Å². The molecule has 0 aliphatic rings. The van der Waals surface area contributed by atoms with Crippen molar-refractivity contribution >= 4 is 5.82 Å². The van der Waals surface area contributed by atoms with E-state index < -0.39 is 0 Å². The molecule has 0 aromatic carbocycles. The number of ether oxygens (including phenoxy) is 1. The van der Waals surface area contributed by atoms with E-state index >= 15 is 0 Å². The minimum atomic E-state index is 0.688. The number of hydrogen-bond donors (Lipinski definition) is 1. The van der Waals surface area contributed by atoms with Crippen molar-refractivity contribution < 1.29 is 4.74 Å². The highest BCUT2D eigenvalue weighted by Crippen LogP contribution is 2.09. The summed E-state index contributed by atoms with van der Waals surface area (Å²) in [6.07, 6.45) is 2.73. The number of anilines is 1. The lowest BCUT2D eigenvalue weighted by Crippen LogP contribution is -2.30. The van der Waals surface area contributed by atoms with Gasteiger partial charge >= 0.3 is 0 Å². The molecule has 1 aromatic heterocycles. The van der Waals surface area contributed by atoms with E-state index in [1.54, 1.807) is 13.3 Å². The van der Waals surface area contributed by atoms with Gasteiger partial charge in [0.15, 0.2) is 0 Å². The number of rotatable bonds is 7. The second kappa shape index (κ2) is 7.14. The van der Waals surface area contributed by atoms with Gasteiger partial charge in [-0.05, 0) is 26.0 Å². The van der Waals surface area contributed by atoms with E-state index in [9.17, 15) is 0 Å². The summed E-state index contributed by atoms with van der Waals surface area (Å²) >= 11 is 0. The Labute approximate surface area is 96.6 Å². The van der Waals surface area contributed by atoms with Crippen molar-refractivity contribution in [3.63, 3.8) is 0 Å². The summed E-state index contributed by atoms with van der Waals surface area (Å²) in [6.45, 7) is 4.99. The lowest BCUT2D eigenvalue weighted by Gasteiger charge is -2.23. The van der Waals surface area contributed by atoms with Gasteiger partial charge in [0, 0.05) is 26.4 Å². The Bertz CT molecular complexity index is 298. The molecule has 0 aliphatic heterocycles. The van der Waals surface area contributed by atoms with E-state index in [2.05, 4.69) is 14.9 Å². The summed E-state index contributed by atoms with van der Waals surface area (Å²) in [7, 11) is 1.70. The van der Waals surface area contributed by atoms with Crippen LogP contribution in [0.15, 0.2) is 12.3 Å². The zero-order valence-electron chi connectivity index (χ0n) is 10.0. The zero-order valence-corrected chi connectivity index (χ0v) is 10.0. The molecule has 1 rings (SSSR count). The molecule has 90 valence electrons. The van der Waals surface area contributed by atoms with E-state index in [4.69, 9.17) is 10.5 Å². The molecule has 0 atom stereocenters. The smallest absolute Gasteiger partial charge is 0.132 e. The first-order valence-electron chi connectivity index (χ1n) is 5.51. The van der Waals surface area contributed by atoms with Gasteiger partial charge in [0.1, 0.15) is 11.6 Å². The maximum atomic E-state index is 5.52. The molecule has 0 amide bonds. The lowest BCUT2D eigenvalue weighted by molar-refractivity contribution is 0.205. The van der Waals surface area contributed by atoms with E-state index in [0.29, 0.717) is 13.2 Å². The van der Waals surface area contributed by atoms with Crippen molar-refractivity contribution in [3.05, 3.63) is 18.1 Å². The van der Waals surface area contributed by atoms with Crippen LogP contribution >= 0.6 is 0 Å². The third-order valence-electron chi connectivity index (χ3n) is 2.28. The number of methoxy groups -OCH3 is 1. The number of aryl methyl sites for hydroxylation is 1. The van der Waals surface area contributed by atoms with E-state index in [-0.39, 0.29) is 0 Å². The third-order valence-corrected chi connectivity index (χ3v) is 2.28. The van der Waals surface area contributed by atoms with Crippen LogP contribution in [0.3, 0.4) is 0 Å². The molecule has 0 bridgehead atoms. The molecule has 2 N–H and O–H groups in total. The van der Waals surface area contributed by atoms with Crippen molar-refractivity contribution in [1.29, 1.82) is 0 Å². The van der Waals surface area contributed by atoms with Crippen LogP contribution in [0.4, 0.5) is 5.82 Å². The number of nitrogens with zero attached hydrogens (tertiary/aromatic N) is 3. The SMILES string of the molecule is COCCN(CCCN)c1ccnc(C)n1. The van der Waals surface area contributed by atoms with E-state index in [0.717, 1.165) is 31.2 Å². The van der Waals surface area contributed by atoms with Crippen LogP contribution in [0.2, 0.25) is 0 Å². The molecule has 5 heteroatoms. The molecule has 0 fully saturated rings. The summed E-state index contributed by atoms with van der Waals surface area (Å²) in [4.78, 5) is 10.7. The van der Waals surface area contributed by atoms with Crippen LogP contribution in [-0.2, 0) is 4.74 Å². The number of nitrogens with two attached hydrogens (primary N) is 1. The first kappa shape index (κ1) is 12.9. The molecular weight excluding hydrogens is 204 g/mol. The van der Waals surface area contributed by atoms with Crippen LogP contribution in [0.25, 0.3) is 0 Å². The van der Waals surface area contributed by atoms with Gasteiger partial charge in [-0.2, -0.15) is 0 Å². The zero-order chi connectivity index (χ0) is 11.8. The van der Waals surface area contributed by atoms with Gasteiger partial charge in [0.2, 0.25) is 0 Å². The number of aromatic nitrogens is 2. The van der Waals surface area contributed by atoms with Gasteiger partial charge in [-0.3, -0.25) is 0 Å². The van der Waals surface area contributed by atoms with E-state index in [1.165, 1.54) is 0 Å². The van der Waals surface area contributed by atoms with Gasteiger partial charge < -0.3 is 15.4 Å². The Morgan fingerprint density at radius 3 is 2.88 bits per heavy atom. The van der Waals surface area contributed by atoms with Crippen molar-refractivity contribution in [2.75, 3.05) is 38.3 Å². The van der Waals surface area contributed by atoms with Crippen molar-refractivity contribution in [1.82, 2.24) is 9.97 Å². The second-order valence-electron chi connectivity index (χ2n) is 3.58. The third kappa shape index (κ3) is 4.12. The average Bonchev–Trinajstić information content (AvgIpc) is 2.29. The summed E-state index contributed by atoms with van der Waals surface area (Å²) in [5.74, 6) is 1.73. The molecule has 0 aliphatic carbocycles. The highest BCUT2D eigenvalue weighted by atomic mass is 16.5. The number of hydrogen-bond acceptors (Lipinski definition) is 5. The summed E-state index contributed by atoms with van der Waals surface area (Å²) in [5, 5.41) is 0. The minimum absolute atomic E-state index is 0.688. The van der Waals surface area contributed by atoms with Gasteiger partial charge in [-0.25, -0.2) is 9.97 Å². The van der Waals surface area contributed by atoms with Crippen LogP contribution in [0.5, 0.6) is 0 Å². The summed E-state index contributed by atoms with van der Waals surface area (Å²) in [5.41, 5.74) is 5.52. The maximum Gasteiger partial charge on any atom is 0.132 e. The highest BCUT2D eigenvalue weighted by molar-refractivity contribution is 5.37. The monoisotopic (exact) mass is 224 g/mol. The Hall–Kier alpha value is -1.20. The quantitative estimate of drug-likeness (QED) is 0.734. The predicted molar refractivity (Wildman–Crippen MR) is 64.5 cm³/mol. The summed E-state index contributed by atoms with van der Waals surface area (Å²) in [6, 6.07) is 1.92. The topological polar surface area (TPSA) is 64.3 Å². The van der Waals surface area contributed by atoms with Crippen molar-refractivity contribution in [3.8, 4) is 0 Å². The fourth-order valence-electron chi connectivity index (χ4n) is 1.44. The first-order valence-corrected chi connectivity index (χ1v) is 5.51. The first-order chi connectivity index (χ1) is 7.77. The van der Waals surface area contributed by atoms with Crippen LogP contribution < -0.4 is 10.6 Å². The van der Waals surface area contributed by atoms with E-state index in [1.807, 2.05) is 13.0 Å². The van der Waals surface area contributed by atoms with Crippen LogP contribution in [0, 0.1) is 6.92 Å². The fourth-order valence-corrected chi connectivity index (χ4v) is 1.44. The van der Waals surface area contributed by atoms with Crippen LogP contribution in [-0.4, -0.2) is 43.3 Å². The molecule has 0 radical (unpaired) electrons. The van der Waals surface area contributed by atoms with Gasteiger partial charge in [0.25, 0.3) is 0 Å². The molecule has 0 unspecified atom stereocenters. The molecule has 1 heterocycles. The Morgan fingerprint density at radius 2 is 2.25 bits per heavy atom. The molecular formula is C11H20N4O. The fraction of sp³-hybridized carbons (Fsp3) is 0.636. The Morgan fingerprint density at radius 1 is 1.44 bits per heavy atom. The largest absolute Gasteiger partial charge is 0.383 e. The van der Waals surface area contributed by atoms with Gasteiger partial charge in [-0.1, -0.05) is 0 Å². The molecule has 0 saturated heterocycles. The standard InChI is InChI=1S/C11H20N4O/c1-10-13-6-4-11(14-10)15(7-3-5-12)8-9-16-2/h4,6H,3,5,7-9,12H2,1-2H3.